The highest BCUT2D eigenvalue weighted by atomic mass is 19.3. The number of hydrogen-bond acceptors (Lipinski definition) is 3. The predicted octanol–water partition coefficient (Wildman–Crippen LogP) is 3.20. The molecule has 5 nitrogen and oxygen atoms in total. The van der Waals surface area contributed by atoms with E-state index in [1.54, 1.807) is 6.92 Å². The lowest BCUT2D eigenvalue weighted by Gasteiger charge is -2.18. The van der Waals surface area contributed by atoms with Crippen LogP contribution >= 0.6 is 0 Å². The number of benzene rings is 1. The molecule has 1 aromatic carbocycles. The van der Waals surface area contributed by atoms with E-state index in [4.69, 9.17) is 9.84 Å². The number of rotatable bonds is 4. The van der Waals surface area contributed by atoms with Crippen molar-refractivity contribution in [2.45, 2.75) is 19.8 Å². The molecule has 0 aliphatic rings. The fourth-order valence-electron chi connectivity index (χ4n) is 2.12. The van der Waals surface area contributed by atoms with Crippen LogP contribution in [0.4, 0.5) is 8.78 Å². The van der Waals surface area contributed by atoms with Gasteiger partial charge in [0.2, 0.25) is 0 Å². The number of H-pyrrole nitrogens is 1. The summed E-state index contributed by atoms with van der Waals surface area (Å²) in [6.07, 6.45) is 0. The summed E-state index contributed by atoms with van der Waals surface area (Å²) >= 11 is 0. The number of nitrogens with zero attached hydrogens (tertiary/aromatic N) is 1. The molecule has 0 spiro atoms. The fourth-order valence-corrected chi connectivity index (χ4v) is 2.12. The molecule has 2 rings (SSSR count). The van der Waals surface area contributed by atoms with E-state index < -0.39 is 11.9 Å². The predicted molar refractivity (Wildman–Crippen MR) is 71.8 cm³/mol. The summed E-state index contributed by atoms with van der Waals surface area (Å²) in [5, 5.41) is 15.1. The highest BCUT2D eigenvalue weighted by Crippen LogP contribution is 2.42. The number of aryl methyl sites for hydroxylation is 1. The first-order chi connectivity index (χ1) is 9.75. The van der Waals surface area contributed by atoms with Gasteiger partial charge >= 0.3 is 5.97 Å². The van der Waals surface area contributed by atoms with Crippen LogP contribution in [0, 0.1) is 6.92 Å². The molecule has 0 aliphatic heterocycles. The Kier molecular flexibility index (Phi) is 3.67. The van der Waals surface area contributed by atoms with Gasteiger partial charge in [-0.2, -0.15) is 5.10 Å². The Bertz CT molecular complexity index is 690. The Morgan fingerprint density at radius 3 is 2.57 bits per heavy atom. The Hall–Kier alpha value is -2.44. The zero-order valence-corrected chi connectivity index (χ0v) is 11.7. The number of aromatic amines is 1. The lowest BCUT2D eigenvalue weighted by Crippen LogP contribution is -2.10. The zero-order chi connectivity index (χ0) is 15.8. The third-order valence-electron chi connectivity index (χ3n) is 3.11. The molecular formula is C14H14F2N2O3. The van der Waals surface area contributed by atoms with Crippen LogP contribution in [0.1, 0.15) is 28.5 Å². The molecule has 2 aromatic rings. The van der Waals surface area contributed by atoms with Crippen molar-refractivity contribution >= 4 is 5.97 Å². The number of hydrogen-bond donors (Lipinski definition) is 2. The van der Waals surface area contributed by atoms with Gasteiger partial charge in [-0.1, -0.05) is 6.07 Å². The number of ether oxygens (including phenoxy) is 1. The number of methoxy groups -OCH3 is 1. The minimum Gasteiger partial charge on any atom is -0.496 e. The van der Waals surface area contributed by atoms with Crippen molar-refractivity contribution in [3.8, 4) is 17.0 Å². The summed E-state index contributed by atoms with van der Waals surface area (Å²) in [6.45, 7) is 2.49. The monoisotopic (exact) mass is 296 g/mol. The molecular weight excluding hydrogens is 282 g/mol. The first kappa shape index (κ1) is 15.0. The number of carboxylic acid groups (broad SMARTS) is 1. The van der Waals surface area contributed by atoms with Gasteiger partial charge in [-0.3, -0.25) is 5.10 Å². The van der Waals surface area contributed by atoms with Crippen LogP contribution in [0.25, 0.3) is 11.3 Å². The van der Waals surface area contributed by atoms with Crippen LogP contribution in [-0.2, 0) is 5.92 Å². The Balaban J connectivity index is 2.69. The molecule has 0 bridgehead atoms. The van der Waals surface area contributed by atoms with Crippen LogP contribution in [0.2, 0.25) is 0 Å². The largest absolute Gasteiger partial charge is 0.496 e. The van der Waals surface area contributed by atoms with Gasteiger partial charge in [0, 0.05) is 12.5 Å². The molecule has 0 saturated heterocycles. The number of carbonyl (C=O) groups is 1. The minimum atomic E-state index is -3.08. The second kappa shape index (κ2) is 5.16. The topological polar surface area (TPSA) is 75.2 Å². The van der Waals surface area contributed by atoms with Crippen LogP contribution in [0.5, 0.6) is 5.75 Å². The van der Waals surface area contributed by atoms with Crippen LogP contribution in [0.3, 0.4) is 0 Å². The molecule has 1 heterocycles. The molecule has 2 N–H and O–H groups in total. The third-order valence-corrected chi connectivity index (χ3v) is 3.11. The van der Waals surface area contributed by atoms with E-state index in [1.807, 2.05) is 0 Å². The lowest BCUT2D eigenvalue weighted by molar-refractivity contribution is 0.0151. The summed E-state index contributed by atoms with van der Waals surface area (Å²) in [5.74, 6) is -4.27. The van der Waals surface area contributed by atoms with Gasteiger partial charge in [-0.05, 0) is 24.6 Å². The standard InChI is InChI=1S/C14H14F2N2O3/c1-7-4-5-8(14(2,15)16)12(21-3)11(7)9-6-10(13(19)20)18-17-9/h4-6H,1-3H3,(H,17,18)(H,19,20). The van der Waals surface area contributed by atoms with Crippen molar-refractivity contribution in [1.82, 2.24) is 10.2 Å². The van der Waals surface area contributed by atoms with Crippen LogP contribution < -0.4 is 4.74 Å². The summed E-state index contributed by atoms with van der Waals surface area (Å²) in [6, 6.07) is 4.10. The van der Waals surface area contributed by atoms with Gasteiger partial charge in [-0.15, -0.1) is 0 Å². The molecule has 112 valence electrons. The Morgan fingerprint density at radius 1 is 1.43 bits per heavy atom. The van der Waals surface area contributed by atoms with Gasteiger partial charge in [0.25, 0.3) is 5.92 Å². The molecule has 0 fully saturated rings. The van der Waals surface area contributed by atoms with Gasteiger partial charge in [0.15, 0.2) is 0 Å². The van der Waals surface area contributed by atoms with Gasteiger partial charge in [-0.25, -0.2) is 13.6 Å². The van der Waals surface area contributed by atoms with E-state index >= 15 is 0 Å². The molecule has 0 atom stereocenters. The summed E-state index contributed by atoms with van der Waals surface area (Å²) in [4.78, 5) is 10.9. The van der Waals surface area contributed by atoms with E-state index in [9.17, 15) is 13.6 Å². The summed E-state index contributed by atoms with van der Waals surface area (Å²) in [7, 11) is 1.29. The first-order valence-corrected chi connectivity index (χ1v) is 6.10. The second-order valence-electron chi connectivity index (χ2n) is 4.70. The van der Waals surface area contributed by atoms with Crippen LogP contribution in [-0.4, -0.2) is 28.4 Å². The highest BCUT2D eigenvalue weighted by molar-refractivity contribution is 5.87. The molecule has 0 aliphatic carbocycles. The van der Waals surface area contributed by atoms with Crippen molar-refractivity contribution in [1.29, 1.82) is 0 Å². The average Bonchev–Trinajstić information content (AvgIpc) is 2.86. The summed E-state index contributed by atoms with van der Waals surface area (Å²) < 4.78 is 32.4. The quantitative estimate of drug-likeness (QED) is 0.908. The van der Waals surface area contributed by atoms with Crippen molar-refractivity contribution in [2.75, 3.05) is 7.11 Å². The Labute approximate surface area is 119 Å². The summed E-state index contributed by atoms with van der Waals surface area (Å²) in [5.41, 5.74) is 0.849. The maximum atomic E-state index is 13.7. The fraction of sp³-hybridized carbons (Fsp3) is 0.286. The normalized spacial score (nSPS) is 11.5. The van der Waals surface area contributed by atoms with Crippen molar-refractivity contribution < 1.29 is 23.4 Å². The Morgan fingerprint density at radius 2 is 2.10 bits per heavy atom. The van der Waals surface area contributed by atoms with E-state index in [-0.39, 0.29) is 22.7 Å². The van der Waals surface area contributed by atoms with E-state index in [0.717, 1.165) is 6.92 Å². The number of carboxylic acids is 1. The zero-order valence-electron chi connectivity index (χ0n) is 11.7. The highest BCUT2D eigenvalue weighted by Gasteiger charge is 2.31. The number of nitrogens with one attached hydrogen (secondary N) is 1. The number of halogens is 2. The average molecular weight is 296 g/mol. The van der Waals surface area contributed by atoms with Crippen molar-refractivity contribution in [3.63, 3.8) is 0 Å². The molecule has 0 unspecified atom stereocenters. The van der Waals surface area contributed by atoms with E-state index in [1.165, 1.54) is 25.3 Å². The SMILES string of the molecule is COc1c(C(C)(F)F)ccc(C)c1-c1cc(C(=O)O)[nH]n1. The molecule has 7 heteroatoms. The minimum absolute atomic E-state index is 0.00839. The van der Waals surface area contributed by atoms with E-state index in [2.05, 4.69) is 10.2 Å². The second-order valence-corrected chi connectivity index (χ2v) is 4.70. The molecule has 0 amide bonds. The molecule has 1 aromatic heterocycles. The smallest absolute Gasteiger partial charge is 0.353 e. The maximum Gasteiger partial charge on any atom is 0.353 e. The maximum absolute atomic E-state index is 13.7. The third kappa shape index (κ3) is 2.72. The number of aromatic nitrogens is 2. The first-order valence-electron chi connectivity index (χ1n) is 6.10. The van der Waals surface area contributed by atoms with Gasteiger partial charge in [0.05, 0.1) is 18.4 Å². The van der Waals surface area contributed by atoms with Gasteiger partial charge in [0.1, 0.15) is 11.4 Å². The van der Waals surface area contributed by atoms with Gasteiger partial charge < -0.3 is 9.84 Å². The lowest BCUT2D eigenvalue weighted by atomic mass is 9.97. The van der Waals surface area contributed by atoms with E-state index in [0.29, 0.717) is 11.1 Å². The molecule has 21 heavy (non-hydrogen) atoms. The van der Waals surface area contributed by atoms with Crippen molar-refractivity contribution in [3.05, 3.63) is 35.0 Å². The number of aromatic carboxylic acids is 1. The van der Waals surface area contributed by atoms with Crippen LogP contribution in [0.15, 0.2) is 18.2 Å². The number of alkyl halides is 2. The molecule has 0 radical (unpaired) electrons. The van der Waals surface area contributed by atoms with Crippen molar-refractivity contribution in [2.24, 2.45) is 0 Å². The molecule has 0 saturated carbocycles.